The highest BCUT2D eigenvalue weighted by molar-refractivity contribution is 5.86. The minimum Gasteiger partial charge on any atom is -0.428 e. The van der Waals surface area contributed by atoms with E-state index in [1.54, 1.807) is 0 Å². The lowest BCUT2D eigenvalue weighted by Crippen LogP contribution is -2.53. The van der Waals surface area contributed by atoms with Crippen molar-refractivity contribution >= 4 is 18.0 Å². The second kappa shape index (κ2) is 9.22. The number of alkyl carbamates (subject to hydrolysis) is 1. The number of nitrogens with zero attached hydrogens (tertiary/aromatic N) is 2. The quantitative estimate of drug-likeness (QED) is 0.556. The number of likely N-dealkylation sites (tertiary alicyclic amines) is 1. The summed E-state index contributed by atoms with van der Waals surface area (Å²) in [6.07, 6.45) is 0.421. The van der Waals surface area contributed by atoms with Gasteiger partial charge in [-0.3, -0.25) is 9.59 Å². The molecule has 0 unspecified atom stereocenters. The first-order valence-corrected chi connectivity index (χ1v) is 8.04. The summed E-state index contributed by atoms with van der Waals surface area (Å²) in [5.74, 6) is -0.997. The van der Waals surface area contributed by atoms with Crippen molar-refractivity contribution in [1.82, 2.24) is 10.2 Å². The van der Waals surface area contributed by atoms with E-state index in [1.807, 2.05) is 20.8 Å². The lowest BCUT2D eigenvalue weighted by molar-refractivity contribution is -0.149. The van der Waals surface area contributed by atoms with Gasteiger partial charge in [0.15, 0.2) is 0 Å². The Balaban J connectivity index is 2.71. The van der Waals surface area contributed by atoms with Gasteiger partial charge in [0, 0.05) is 13.5 Å². The molecule has 0 spiro atoms. The molecule has 0 aromatic rings. The third kappa shape index (κ3) is 7.39. The molecule has 9 heteroatoms. The van der Waals surface area contributed by atoms with Crippen molar-refractivity contribution in [3.63, 3.8) is 0 Å². The molecule has 2 atom stereocenters. The van der Waals surface area contributed by atoms with Crippen LogP contribution in [0.5, 0.6) is 0 Å². The number of hydrogen-bond acceptors (Lipinski definition) is 7. The smallest absolute Gasteiger partial charge is 0.410 e. The van der Waals surface area contributed by atoms with Gasteiger partial charge in [-0.15, -0.1) is 0 Å². The van der Waals surface area contributed by atoms with Crippen LogP contribution in [0.1, 0.15) is 40.5 Å². The van der Waals surface area contributed by atoms with Crippen LogP contribution in [0.3, 0.4) is 0 Å². The molecule has 140 valence electrons. The van der Waals surface area contributed by atoms with Gasteiger partial charge in [-0.2, -0.15) is 5.26 Å². The zero-order valence-corrected chi connectivity index (χ0v) is 15.0. The second-order valence-electron chi connectivity index (χ2n) is 6.62. The molecular weight excluding hydrogens is 330 g/mol. The van der Waals surface area contributed by atoms with Gasteiger partial charge in [0.1, 0.15) is 12.1 Å². The molecule has 0 aliphatic carbocycles. The van der Waals surface area contributed by atoms with Gasteiger partial charge in [-0.25, -0.2) is 4.79 Å². The standard InChI is InChI=1S/C16H25N3O6/c1-11(20)23-10-24-15(22)18-13(9-25-16(2,3)4)14(21)19-7-5-6-12(19)8-17/h12-13H,5-7,9-10H2,1-4H3,(H,18,22)/t12-,13-/m0/s1. The highest BCUT2D eigenvalue weighted by Gasteiger charge is 2.35. The van der Waals surface area contributed by atoms with E-state index in [2.05, 4.69) is 16.1 Å². The van der Waals surface area contributed by atoms with Gasteiger partial charge in [0.2, 0.25) is 12.7 Å². The van der Waals surface area contributed by atoms with Gasteiger partial charge in [0.25, 0.3) is 0 Å². The van der Waals surface area contributed by atoms with E-state index >= 15 is 0 Å². The van der Waals surface area contributed by atoms with Gasteiger partial charge in [0.05, 0.1) is 18.3 Å². The Labute approximate surface area is 147 Å². The summed E-state index contributed by atoms with van der Waals surface area (Å²) in [7, 11) is 0. The highest BCUT2D eigenvalue weighted by atomic mass is 16.7. The fourth-order valence-electron chi connectivity index (χ4n) is 2.22. The summed E-state index contributed by atoms with van der Waals surface area (Å²) in [5.41, 5.74) is -0.512. The predicted octanol–water partition coefficient (Wildman–Crippen LogP) is 0.931. The van der Waals surface area contributed by atoms with Gasteiger partial charge < -0.3 is 24.4 Å². The van der Waals surface area contributed by atoms with Crippen LogP contribution >= 0.6 is 0 Å². The summed E-state index contributed by atoms with van der Waals surface area (Å²) < 4.78 is 14.8. The second-order valence-corrected chi connectivity index (χ2v) is 6.62. The number of rotatable bonds is 6. The number of carbonyl (C=O) groups excluding carboxylic acids is 3. The van der Waals surface area contributed by atoms with Crippen molar-refractivity contribution in [2.24, 2.45) is 0 Å². The predicted molar refractivity (Wildman–Crippen MR) is 86.1 cm³/mol. The van der Waals surface area contributed by atoms with Crippen LogP contribution < -0.4 is 5.32 Å². The lowest BCUT2D eigenvalue weighted by Gasteiger charge is -2.28. The molecule has 0 aromatic carbocycles. The van der Waals surface area contributed by atoms with Gasteiger partial charge >= 0.3 is 12.1 Å². The monoisotopic (exact) mass is 355 g/mol. The van der Waals surface area contributed by atoms with Gasteiger partial charge in [-0.1, -0.05) is 0 Å². The summed E-state index contributed by atoms with van der Waals surface area (Å²) in [6, 6.07) is 0.573. The molecule has 0 aromatic heterocycles. The van der Waals surface area contributed by atoms with E-state index in [1.165, 1.54) is 11.8 Å². The van der Waals surface area contributed by atoms with Crippen molar-refractivity contribution in [1.29, 1.82) is 5.26 Å². The Morgan fingerprint density at radius 1 is 1.32 bits per heavy atom. The Morgan fingerprint density at radius 2 is 2.00 bits per heavy atom. The summed E-state index contributed by atoms with van der Waals surface area (Å²) in [5, 5.41) is 11.5. The molecule has 25 heavy (non-hydrogen) atoms. The summed E-state index contributed by atoms with van der Waals surface area (Å²) >= 11 is 0. The number of ether oxygens (including phenoxy) is 3. The molecule has 0 saturated carbocycles. The minimum atomic E-state index is -1.00. The maximum Gasteiger partial charge on any atom is 0.410 e. The van der Waals surface area contributed by atoms with Crippen LogP contribution in [-0.2, 0) is 23.8 Å². The summed E-state index contributed by atoms with van der Waals surface area (Å²) in [6.45, 7) is 6.48. The van der Waals surface area contributed by atoms with E-state index in [4.69, 9.17) is 14.7 Å². The number of nitrogens with one attached hydrogen (secondary N) is 1. The number of esters is 1. The fourth-order valence-corrected chi connectivity index (χ4v) is 2.22. The van der Waals surface area contributed by atoms with E-state index in [-0.39, 0.29) is 6.61 Å². The topological polar surface area (TPSA) is 118 Å². The normalized spacial score (nSPS) is 18.2. The number of amides is 2. The van der Waals surface area contributed by atoms with Crippen molar-refractivity contribution in [2.45, 2.75) is 58.2 Å². The molecule has 1 aliphatic heterocycles. The summed E-state index contributed by atoms with van der Waals surface area (Å²) in [4.78, 5) is 36.6. The first-order chi connectivity index (χ1) is 11.6. The van der Waals surface area contributed by atoms with Crippen molar-refractivity contribution in [3.8, 4) is 6.07 Å². The number of carbonyl (C=O) groups is 3. The molecule has 2 amide bonds. The molecule has 1 aliphatic rings. The fraction of sp³-hybridized carbons (Fsp3) is 0.750. The van der Waals surface area contributed by atoms with Crippen LogP contribution in [0.2, 0.25) is 0 Å². The minimum absolute atomic E-state index is 0.0698. The maximum absolute atomic E-state index is 12.7. The Kier molecular flexibility index (Phi) is 7.64. The molecule has 0 radical (unpaired) electrons. The number of hydrogen-bond donors (Lipinski definition) is 1. The van der Waals surface area contributed by atoms with E-state index in [0.29, 0.717) is 13.0 Å². The van der Waals surface area contributed by atoms with Crippen molar-refractivity contribution < 1.29 is 28.6 Å². The van der Waals surface area contributed by atoms with E-state index in [9.17, 15) is 14.4 Å². The Bertz CT molecular complexity index is 537. The molecule has 9 nitrogen and oxygen atoms in total. The largest absolute Gasteiger partial charge is 0.428 e. The van der Waals surface area contributed by atoms with E-state index < -0.39 is 42.4 Å². The zero-order chi connectivity index (χ0) is 19.0. The van der Waals surface area contributed by atoms with Crippen LogP contribution in [0.15, 0.2) is 0 Å². The number of nitriles is 1. The van der Waals surface area contributed by atoms with Gasteiger partial charge in [-0.05, 0) is 33.6 Å². The average Bonchev–Trinajstić information content (AvgIpc) is 2.98. The molecule has 1 N–H and O–H groups in total. The van der Waals surface area contributed by atoms with Crippen LogP contribution in [0, 0.1) is 11.3 Å². The first kappa shape index (κ1) is 20.7. The molecule has 0 bridgehead atoms. The molecule has 1 rings (SSSR count). The molecular formula is C16H25N3O6. The maximum atomic E-state index is 12.7. The molecule has 1 heterocycles. The van der Waals surface area contributed by atoms with Crippen LogP contribution in [0.25, 0.3) is 0 Å². The van der Waals surface area contributed by atoms with Crippen LogP contribution in [0.4, 0.5) is 4.79 Å². The van der Waals surface area contributed by atoms with Crippen molar-refractivity contribution in [2.75, 3.05) is 19.9 Å². The molecule has 1 fully saturated rings. The third-order valence-corrected chi connectivity index (χ3v) is 3.41. The Hall–Kier alpha value is -2.34. The van der Waals surface area contributed by atoms with Crippen LogP contribution in [-0.4, -0.2) is 60.5 Å². The third-order valence-electron chi connectivity index (χ3n) is 3.41. The van der Waals surface area contributed by atoms with Crippen molar-refractivity contribution in [3.05, 3.63) is 0 Å². The average molecular weight is 355 g/mol. The lowest BCUT2D eigenvalue weighted by atomic mass is 10.2. The first-order valence-electron chi connectivity index (χ1n) is 8.04. The highest BCUT2D eigenvalue weighted by Crippen LogP contribution is 2.18. The zero-order valence-electron chi connectivity index (χ0n) is 15.0. The van der Waals surface area contributed by atoms with E-state index in [0.717, 1.165) is 6.42 Å². The Morgan fingerprint density at radius 3 is 2.56 bits per heavy atom. The SMILES string of the molecule is CC(=O)OCOC(=O)N[C@@H](COC(C)(C)C)C(=O)N1CCC[C@H]1C#N. The molecule has 1 saturated heterocycles.